The SMILES string of the molecule is COc1ccc(Cl)c(-c2cc3[nH]c(=O)n(-c4cncc5c4cnn5CC(F)(F)F)c(=O)c3s2)c1. The molecule has 8 nitrogen and oxygen atoms in total. The number of aromatic nitrogens is 5. The summed E-state index contributed by atoms with van der Waals surface area (Å²) in [6.45, 7) is -1.33. The Labute approximate surface area is 196 Å². The van der Waals surface area contributed by atoms with Crippen molar-refractivity contribution in [3.8, 4) is 21.9 Å². The highest BCUT2D eigenvalue weighted by atomic mass is 35.5. The Hall–Kier alpha value is -3.64. The number of hydrogen-bond donors (Lipinski definition) is 1. The molecular formula is C21H13ClF3N5O3S. The third-order valence-electron chi connectivity index (χ3n) is 5.13. The average Bonchev–Trinajstić information content (AvgIpc) is 3.38. The zero-order valence-electron chi connectivity index (χ0n) is 17.2. The van der Waals surface area contributed by atoms with E-state index in [0.717, 1.165) is 20.6 Å². The monoisotopic (exact) mass is 507 g/mol. The van der Waals surface area contributed by atoms with Crippen LogP contribution in [0.5, 0.6) is 5.75 Å². The molecule has 174 valence electrons. The van der Waals surface area contributed by atoms with Gasteiger partial charge in [-0.15, -0.1) is 11.3 Å². The third kappa shape index (κ3) is 3.74. The molecule has 0 unspecified atom stereocenters. The molecular weight excluding hydrogens is 495 g/mol. The number of benzene rings is 1. The number of pyridine rings is 1. The van der Waals surface area contributed by atoms with Gasteiger partial charge in [0.1, 0.15) is 17.0 Å². The summed E-state index contributed by atoms with van der Waals surface area (Å²) in [5.74, 6) is 0.566. The number of methoxy groups -OCH3 is 1. The fourth-order valence-corrected chi connectivity index (χ4v) is 4.98. The van der Waals surface area contributed by atoms with Crippen molar-refractivity contribution in [3.05, 3.63) is 68.7 Å². The van der Waals surface area contributed by atoms with Gasteiger partial charge in [-0.1, -0.05) is 11.6 Å². The lowest BCUT2D eigenvalue weighted by Crippen LogP contribution is -2.33. The molecule has 1 aromatic carbocycles. The molecule has 0 amide bonds. The Balaban J connectivity index is 1.70. The van der Waals surface area contributed by atoms with Crippen molar-refractivity contribution in [2.45, 2.75) is 12.7 Å². The van der Waals surface area contributed by atoms with Crippen LogP contribution < -0.4 is 16.0 Å². The minimum Gasteiger partial charge on any atom is -0.497 e. The van der Waals surface area contributed by atoms with Crippen LogP contribution in [-0.2, 0) is 6.54 Å². The Kier molecular flexibility index (Phi) is 5.21. The predicted octanol–water partition coefficient (Wildman–Crippen LogP) is 4.38. The van der Waals surface area contributed by atoms with Crippen LogP contribution in [0.25, 0.3) is 37.2 Å². The molecule has 0 radical (unpaired) electrons. The Morgan fingerprint density at radius 1 is 1.18 bits per heavy atom. The second-order valence-electron chi connectivity index (χ2n) is 7.28. The van der Waals surface area contributed by atoms with Crippen LogP contribution in [0.1, 0.15) is 0 Å². The molecule has 5 rings (SSSR count). The highest BCUT2D eigenvalue weighted by Gasteiger charge is 2.29. The van der Waals surface area contributed by atoms with E-state index in [1.807, 2.05) is 0 Å². The molecule has 0 aliphatic carbocycles. The van der Waals surface area contributed by atoms with Crippen LogP contribution in [0.3, 0.4) is 0 Å². The van der Waals surface area contributed by atoms with Gasteiger partial charge in [-0.2, -0.15) is 18.3 Å². The Morgan fingerprint density at radius 2 is 1.97 bits per heavy atom. The fraction of sp³-hybridized carbons (Fsp3) is 0.143. The van der Waals surface area contributed by atoms with Crippen LogP contribution in [-0.4, -0.2) is 37.6 Å². The number of ether oxygens (including phenoxy) is 1. The van der Waals surface area contributed by atoms with E-state index in [4.69, 9.17) is 16.3 Å². The van der Waals surface area contributed by atoms with Gasteiger partial charge in [0.05, 0.1) is 42.4 Å². The number of H-pyrrole nitrogens is 1. The summed E-state index contributed by atoms with van der Waals surface area (Å²) in [6.07, 6.45) is -0.901. The summed E-state index contributed by atoms with van der Waals surface area (Å²) < 4.78 is 45.7. The highest BCUT2D eigenvalue weighted by Crippen LogP contribution is 2.37. The maximum atomic E-state index is 13.3. The summed E-state index contributed by atoms with van der Waals surface area (Å²) >= 11 is 7.44. The van der Waals surface area contributed by atoms with Crippen molar-refractivity contribution in [3.63, 3.8) is 0 Å². The zero-order chi connectivity index (χ0) is 24.2. The number of nitrogens with zero attached hydrogens (tertiary/aromatic N) is 4. The lowest BCUT2D eigenvalue weighted by Gasteiger charge is -2.08. The van der Waals surface area contributed by atoms with E-state index in [1.54, 1.807) is 24.3 Å². The lowest BCUT2D eigenvalue weighted by atomic mass is 10.2. The largest absolute Gasteiger partial charge is 0.497 e. The molecule has 0 spiro atoms. The highest BCUT2D eigenvalue weighted by molar-refractivity contribution is 7.22. The summed E-state index contributed by atoms with van der Waals surface area (Å²) in [4.78, 5) is 33.4. The van der Waals surface area contributed by atoms with E-state index >= 15 is 0 Å². The molecule has 0 aliphatic rings. The van der Waals surface area contributed by atoms with Crippen LogP contribution in [0.4, 0.5) is 13.2 Å². The minimum absolute atomic E-state index is 0.0217. The second-order valence-corrected chi connectivity index (χ2v) is 8.74. The molecule has 0 saturated carbocycles. The van der Waals surface area contributed by atoms with E-state index in [9.17, 15) is 22.8 Å². The maximum absolute atomic E-state index is 13.3. The quantitative estimate of drug-likeness (QED) is 0.389. The Bertz CT molecular complexity index is 1690. The van der Waals surface area contributed by atoms with E-state index in [0.29, 0.717) is 26.7 Å². The van der Waals surface area contributed by atoms with Gasteiger partial charge in [0.25, 0.3) is 5.56 Å². The van der Waals surface area contributed by atoms with Crippen molar-refractivity contribution in [1.82, 2.24) is 24.3 Å². The van der Waals surface area contributed by atoms with Crippen LogP contribution in [0.2, 0.25) is 5.02 Å². The van der Waals surface area contributed by atoms with Crippen molar-refractivity contribution in [2.24, 2.45) is 0 Å². The first-order valence-electron chi connectivity index (χ1n) is 9.66. The summed E-state index contributed by atoms with van der Waals surface area (Å²) in [5.41, 5.74) is -0.433. The second kappa shape index (κ2) is 7.99. The van der Waals surface area contributed by atoms with Crippen molar-refractivity contribution in [1.29, 1.82) is 0 Å². The van der Waals surface area contributed by atoms with Crippen molar-refractivity contribution >= 4 is 44.1 Å². The molecule has 0 bridgehead atoms. The molecule has 4 heterocycles. The normalized spacial score (nSPS) is 12.0. The number of hydrogen-bond acceptors (Lipinski definition) is 6. The van der Waals surface area contributed by atoms with Gasteiger partial charge in [-0.3, -0.25) is 14.5 Å². The van der Waals surface area contributed by atoms with Crippen LogP contribution >= 0.6 is 22.9 Å². The first kappa shape index (κ1) is 22.2. The van der Waals surface area contributed by atoms with Gasteiger partial charge in [0, 0.05) is 20.8 Å². The number of fused-ring (bicyclic) bond motifs is 2. The predicted molar refractivity (Wildman–Crippen MR) is 122 cm³/mol. The first-order valence-corrected chi connectivity index (χ1v) is 10.8. The van der Waals surface area contributed by atoms with Gasteiger partial charge in [-0.05, 0) is 24.3 Å². The number of thiophene rings is 1. The lowest BCUT2D eigenvalue weighted by molar-refractivity contribution is -0.141. The van der Waals surface area contributed by atoms with Crippen LogP contribution in [0, 0.1) is 0 Å². The Morgan fingerprint density at radius 3 is 2.71 bits per heavy atom. The maximum Gasteiger partial charge on any atom is 0.408 e. The number of aromatic amines is 1. The minimum atomic E-state index is -4.50. The summed E-state index contributed by atoms with van der Waals surface area (Å²) in [7, 11) is 1.51. The molecule has 0 aliphatic heterocycles. The van der Waals surface area contributed by atoms with Gasteiger partial charge in [0.15, 0.2) is 0 Å². The molecule has 0 fully saturated rings. The third-order valence-corrected chi connectivity index (χ3v) is 6.62. The summed E-state index contributed by atoms with van der Waals surface area (Å²) in [5, 5.41) is 4.37. The van der Waals surface area contributed by atoms with Gasteiger partial charge in [0.2, 0.25) is 0 Å². The molecule has 4 aromatic heterocycles. The topological polar surface area (TPSA) is 94.8 Å². The van der Waals surface area contributed by atoms with Gasteiger partial charge >= 0.3 is 11.9 Å². The zero-order valence-corrected chi connectivity index (χ0v) is 18.8. The van der Waals surface area contributed by atoms with E-state index in [2.05, 4.69) is 15.1 Å². The summed E-state index contributed by atoms with van der Waals surface area (Å²) in [6, 6.07) is 6.70. The number of rotatable bonds is 4. The molecule has 13 heteroatoms. The molecule has 5 aromatic rings. The van der Waals surface area contributed by atoms with Crippen molar-refractivity contribution < 1.29 is 17.9 Å². The molecule has 34 heavy (non-hydrogen) atoms. The van der Waals surface area contributed by atoms with E-state index in [1.165, 1.54) is 25.7 Å². The number of nitrogens with one attached hydrogen (secondary N) is 1. The number of alkyl halides is 3. The van der Waals surface area contributed by atoms with Crippen molar-refractivity contribution in [2.75, 3.05) is 7.11 Å². The number of halogens is 4. The molecule has 0 saturated heterocycles. The standard InChI is InChI=1S/C21H13ClF3N5O3S/c1-33-10-2-3-13(22)11(4-10)17-5-14-18(34-17)19(31)30(20(32)28-14)16-8-26-7-15-12(16)6-27-29(15)9-21(23,24)25/h2-8H,9H2,1H3,(H,28,32). The fourth-order valence-electron chi connectivity index (χ4n) is 3.63. The van der Waals surface area contributed by atoms with Gasteiger partial charge in [-0.25, -0.2) is 9.36 Å². The van der Waals surface area contributed by atoms with E-state index < -0.39 is 24.0 Å². The molecule has 1 N–H and O–H groups in total. The first-order chi connectivity index (χ1) is 16.2. The van der Waals surface area contributed by atoms with Gasteiger partial charge < -0.3 is 9.72 Å². The molecule has 0 atom stereocenters. The van der Waals surface area contributed by atoms with Crippen LogP contribution in [0.15, 0.2) is 52.4 Å². The smallest absolute Gasteiger partial charge is 0.408 e. The van der Waals surface area contributed by atoms with E-state index in [-0.39, 0.29) is 21.3 Å². The average molecular weight is 508 g/mol.